The average molecular weight is 303 g/mol. The highest BCUT2D eigenvalue weighted by Crippen LogP contribution is 2.13. The van der Waals surface area contributed by atoms with Crippen molar-refractivity contribution in [2.75, 3.05) is 6.26 Å². The van der Waals surface area contributed by atoms with Crippen LogP contribution in [0.2, 0.25) is 0 Å². The van der Waals surface area contributed by atoms with Gasteiger partial charge in [-0.2, -0.15) is 0 Å². The molecule has 0 bridgehead atoms. The van der Waals surface area contributed by atoms with Gasteiger partial charge in [-0.3, -0.25) is 0 Å². The number of hydrogen-bond acceptors (Lipinski definition) is 4. The molecule has 2 aromatic carbocycles. The van der Waals surface area contributed by atoms with Crippen LogP contribution in [0.1, 0.15) is 11.1 Å². The topological polar surface area (TPSA) is 88.0 Å². The molecule has 0 saturated heterocycles. The Morgan fingerprint density at radius 1 is 1.14 bits per heavy atom. The van der Waals surface area contributed by atoms with Crippen molar-refractivity contribution >= 4 is 15.6 Å². The summed E-state index contributed by atoms with van der Waals surface area (Å²) in [5, 5.41) is 11.5. The Kier molecular flexibility index (Phi) is 4.59. The van der Waals surface area contributed by atoms with Gasteiger partial charge in [-0.25, -0.2) is 8.57 Å². The van der Waals surface area contributed by atoms with Gasteiger partial charge >= 0.3 is 0 Å². The van der Waals surface area contributed by atoms with Crippen molar-refractivity contribution in [2.45, 2.75) is 11.4 Å². The number of nitrogens with two attached hydrogens (primary N) is 1. The zero-order valence-corrected chi connectivity index (χ0v) is 12.5. The van der Waals surface area contributed by atoms with Crippen molar-refractivity contribution in [3.05, 3.63) is 65.7 Å². The van der Waals surface area contributed by atoms with Crippen LogP contribution in [0.25, 0.3) is 0 Å². The van der Waals surface area contributed by atoms with E-state index >= 15 is 0 Å². The van der Waals surface area contributed by atoms with Crippen molar-refractivity contribution in [3.8, 4) is 0 Å². The molecule has 0 aliphatic rings. The molecule has 1 atom stereocenters. The van der Waals surface area contributed by atoms with Crippen LogP contribution in [-0.2, 0) is 16.3 Å². The van der Waals surface area contributed by atoms with Crippen LogP contribution in [0.5, 0.6) is 0 Å². The molecule has 6 heteroatoms. The lowest BCUT2D eigenvalue weighted by molar-refractivity contribution is 0.318. The molecule has 0 spiro atoms. The molecule has 0 amide bonds. The van der Waals surface area contributed by atoms with Gasteiger partial charge in [0, 0.05) is 16.7 Å². The first kappa shape index (κ1) is 15.1. The Morgan fingerprint density at radius 2 is 1.76 bits per heavy atom. The molecule has 0 aromatic heterocycles. The second kappa shape index (κ2) is 6.41. The number of oxime groups is 1. The number of rotatable bonds is 4. The highest BCUT2D eigenvalue weighted by molar-refractivity contribution is 7.93. The van der Waals surface area contributed by atoms with Crippen LogP contribution in [-0.4, -0.2) is 21.5 Å². The predicted octanol–water partition coefficient (Wildman–Crippen LogP) is 2.44. The summed E-state index contributed by atoms with van der Waals surface area (Å²) in [6.45, 7) is 0.348. The minimum absolute atomic E-state index is 0.0575. The molecule has 0 heterocycles. The van der Waals surface area contributed by atoms with E-state index in [4.69, 9.17) is 10.9 Å². The fourth-order valence-corrected chi connectivity index (χ4v) is 2.99. The fraction of sp³-hybridized carbons (Fsp3) is 0.133. The predicted molar refractivity (Wildman–Crippen MR) is 83.9 cm³/mol. The highest BCUT2D eigenvalue weighted by Gasteiger charge is 2.05. The lowest BCUT2D eigenvalue weighted by atomic mass is 10.1. The van der Waals surface area contributed by atoms with Gasteiger partial charge in [-0.15, -0.1) is 0 Å². The summed E-state index contributed by atoms with van der Waals surface area (Å²) in [7, 11) is -2.40. The molecule has 0 radical (unpaired) electrons. The van der Waals surface area contributed by atoms with E-state index < -0.39 is 9.73 Å². The van der Waals surface area contributed by atoms with E-state index in [0.717, 1.165) is 10.5 Å². The number of nitrogens with zero attached hydrogens (tertiary/aromatic N) is 2. The molecule has 0 aliphatic heterocycles. The van der Waals surface area contributed by atoms with E-state index in [1.165, 1.54) is 0 Å². The zero-order valence-electron chi connectivity index (χ0n) is 11.6. The molecular weight excluding hydrogens is 286 g/mol. The maximum Gasteiger partial charge on any atom is 0.170 e. The minimum atomic E-state index is -2.40. The molecule has 0 saturated carbocycles. The lowest BCUT2D eigenvalue weighted by Crippen LogP contribution is -2.12. The quantitative estimate of drug-likeness (QED) is 0.393. The molecular formula is C15H17N3O2S. The molecule has 110 valence electrons. The molecule has 0 aliphatic carbocycles. The summed E-state index contributed by atoms with van der Waals surface area (Å²) in [5.74, 6) is 0.0575. The highest BCUT2D eigenvalue weighted by atomic mass is 32.2. The molecule has 5 nitrogen and oxygen atoms in total. The van der Waals surface area contributed by atoms with E-state index in [1.807, 2.05) is 42.5 Å². The van der Waals surface area contributed by atoms with Crippen molar-refractivity contribution in [1.82, 2.24) is 0 Å². The van der Waals surface area contributed by atoms with Gasteiger partial charge in [0.2, 0.25) is 0 Å². The van der Waals surface area contributed by atoms with Crippen molar-refractivity contribution in [2.24, 2.45) is 15.3 Å². The van der Waals surface area contributed by atoms with Crippen LogP contribution in [0, 0.1) is 0 Å². The van der Waals surface area contributed by atoms with E-state index in [0.29, 0.717) is 12.1 Å². The monoisotopic (exact) mass is 303 g/mol. The first-order valence-electron chi connectivity index (χ1n) is 6.33. The van der Waals surface area contributed by atoms with Gasteiger partial charge in [0.25, 0.3) is 0 Å². The summed E-state index contributed by atoms with van der Waals surface area (Å²) in [6, 6.07) is 16.3. The molecule has 0 fully saturated rings. The van der Waals surface area contributed by atoms with E-state index in [1.54, 1.807) is 18.4 Å². The van der Waals surface area contributed by atoms with Gasteiger partial charge < -0.3 is 10.9 Å². The Labute approximate surface area is 124 Å². The van der Waals surface area contributed by atoms with Crippen LogP contribution in [0.4, 0.5) is 0 Å². The minimum Gasteiger partial charge on any atom is -0.409 e. The van der Waals surface area contributed by atoms with E-state index in [-0.39, 0.29) is 5.84 Å². The van der Waals surface area contributed by atoms with Crippen LogP contribution in [0.15, 0.2) is 69.0 Å². The summed E-state index contributed by atoms with van der Waals surface area (Å²) in [5.41, 5.74) is 7.03. The Morgan fingerprint density at radius 3 is 2.33 bits per heavy atom. The third kappa shape index (κ3) is 3.82. The van der Waals surface area contributed by atoms with Crippen LogP contribution in [0.3, 0.4) is 0 Å². The fourth-order valence-electron chi connectivity index (χ4n) is 1.78. The third-order valence-corrected chi connectivity index (χ3v) is 4.80. The smallest absolute Gasteiger partial charge is 0.170 e. The third-order valence-electron chi connectivity index (χ3n) is 3.03. The summed E-state index contributed by atoms with van der Waals surface area (Å²) in [6.07, 6.45) is 1.63. The molecule has 3 N–H and O–H groups in total. The van der Waals surface area contributed by atoms with Crippen molar-refractivity contribution < 1.29 is 9.42 Å². The second-order valence-corrected chi connectivity index (χ2v) is 6.92. The number of amidine groups is 1. The van der Waals surface area contributed by atoms with Crippen LogP contribution < -0.4 is 5.73 Å². The lowest BCUT2D eigenvalue weighted by Gasteiger charge is -2.05. The number of hydrogen-bond donors (Lipinski definition) is 2. The average Bonchev–Trinajstić information content (AvgIpc) is 2.53. The summed E-state index contributed by atoms with van der Waals surface area (Å²) < 4.78 is 16.9. The largest absolute Gasteiger partial charge is 0.409 e. The maximum atomic E-state index is 12.5. The normalized spacial score (nSPS) is 14.4. The standard InChI is InChI=1S/C15H17N3O2S/c1-21(20,14-5-3-2-4-6-14)17-11-12-7-9-13(10-8-12)15(16)18-19/h2-10,19H,11H2,1H3,(H2,16,18). The first-order chi connectivity index (χ1) is 10.0. The van der Waals surface area contributed by atoms with Gasteiger partial charge in [0.1, 0.15) is 0 Å². The molecule has 2 aromatic rings. The van der Waals surface area contributed by atoms with Gasteiger partial charge in [0.05, 0.1) is 16.3 Å². The Bertz CT molecular complexity index is 746. The van der Waals surface area contributed by atoms with Crippen LogP contribution >= 0.6 is 0 Å². The van der Waals surface area contributed by atoms with Crippen molar-refractivity contribution in [1.29, 1.82) is 0 Å². The first-order valence-corrected chi connectivity index (χ1v) is 8.25. The van der Waals surface area contributed by atoms with E-state index in [2.05, 4.69) is 9.52 Å². The van der Waals surface area contributed by atoms with Gasteiger partial charge in [-0.1, -0.05) is 47.6 Å². The van der Waals surface area contributed by atoms with E-state index in [9.17, 15) is 4.21 Å². The molecule has 1 unspecified atom stereocenters. The molecule has 21 heavy (non-hydrogen) atoms. The second-order valence-electron chi connectivity index (χ2n) is 4.58. The Balaban J connectivity index is 2.19. The summed E-state index contributed by atoms with van der Waals surface area (Å²) >= 11 is 0. The number of benzene rings is 2. The Hall–Kier alpha value is -2.34. The molecule has 2 rings (SSSR count). The SMILES string of the molecule is CS(=O)(=NCc1ccc(/C(N)=N/O)cc1)c1ccccc1. The van der Waals surface area contributed by atoms with Gasteiger partial charge in [-0.05, 0) is 17.7 Å². The van der Waals surface area contributed by atoms with Gasteiger partial charge in [0.15, 0.2) is 5.84 Å². The summed E-state index contributed by atoms with van der Waals surface area (Å²) in [4.78, 5) is 0.721. The zero-order chi connectivity index (χ0) is 15.3. The van der Waals surface area contributed by atoms with Crippen molar-refractivity contribution in [3.63, 3.8) is 0 Å². The maximum absolute atomic E-state index is 12.5.